The van der Waals surface area contributed by atoms with Crippen molar-refractivity contribution < 1.29 is 9.53 Å². The molecule has 0 aliphatic carbocycles. The van der Waals surface area contributed by atoms with E-state index in [1.807, 2.05) is 60.2 Å². The fraction of sp³-hybridized carbons (Fsp3) is 0.474. The molecule has 1 atom stereocenters. The molecule has 6 heteroatoms. The lowest BCUT2D eigenvalue weighted by atomic mass is 10.2. The van der Waals surface area contributed by atoms with Crippen LogP contribution in [0.15, 0.2) is 36.7 Å². The molecule has 0 N–H and O–H groups in total. The van der Waals surface area contributed by atoms with Crippen LogP contribution in [-0.2, 0) is 11.3 Å². The summed E-state index contributed by atoms with van der Waals surface area (Å²) in [6.45, 7) is 4.45. The molecule has 0 saturated carbocycles. The molecule has 6 nitrogen and oxygen atoms in total. The molecule has 0 bridgehead atoms. The largest absolute Gasteiger partial charge is 0.497 e. The zero-order valence-corrected chi connectivity index (χ0v) is 15.2. The van der Waals surface area contributed by atoms with Gasteiger partial charge in [-0.1, -0.05) is 6.07 Å². The molecule has 1 fully saturated rings. The third-order valence-corrected chi connectivity index (χ3v) is 4.82. The molecule has 0 spiro atoms. The van der Waals surface area contributed by atoms with Crippen molar-refractivity contribution in [2.24, 2.45) is 0 Å². The van der Waals surface area contributed by atoms with Crippen LogP contribution in [0.25, 0.3) is 5.69 Å². The van der Waals surface area contributed by atoms with E-state index in [2.05, 4.69) is 10.00 Å². The standard InChI is InChI=1S/C19H26N4O2/c1-15(19(24)22-9-4-5-10-22)21(2)13-16-12-20-23(14-16)17-7-6-8-18(11-17)25-3/h6-8,11-12,14-15H,4-5,9-10,13H2,1-3H3/t15-/m0/s1. The zero-order valence-electron chi connectivity index (χ0n) is 15.2. The Morgan fingerprint density at radius 1 is 1.36 bits per heavy atom. The summed E-state index contributed by atoms with van der Waals surface area (Å²) in [4.78, 5) is 16.6. The van der Waals surface area contributed by atoms with Gasteiger partial charge < -0.3 is 9.64 Å². The lowest BCUT2D eigenvalue weighted by Crippen LogP contribution is -2.44. The minimum absolute atomic E-state index is 0.127. The highest BCUT2D eigenvalue weighted by Crippen LogP contribution is 2.17. The molecule has 1 amide bonds. The van der Waals surface area contributed by atoms with Gasteiger partial charge in [0.25, 0.3) is 0 Å². The number of likely N-dealkylation sites (tertiary alicyclic amines) is 1. The number of rotatable bonds is 6. The minimum Gasteiger partial charge on any atom is -0.497 e. The van der Waals surface area contributed by atoms with Gasteiger partial charge in [-0.2, -0.15) is 5.10 Å². The first-order valence-electron chi connectivity index (χ1n) is 8.75. The number of benzene rings is 1. The number of ether oxygens (including phenoxy) is 1. The van der Waals surface area contributed by atoms with E-state index in [9.17, 15) is 4.79 Å². The quantitative estimate of drug-likeness (QED) is 0.808. The summed E-state index contributed by atoms with van der Waals surface area (Å²) in [7, 11) is 3.64. The highest BCUT2D eigenvalue weighted by Gasteiger charge is 2.26. The first-order valence-corrected chi connectivity index (χ1v) is 8.75. The van der Waals surface area contributed by atoms with Crippen LogP contribution in [0.5, 0.6) is 5.75 Å². The smallest absolute Gasteiger partial charge is 0.239 e. The minimum atomic E-state index is -0.127. The second-order valence-electron chi connectivity index (χ2n) is 6.62. The number of hydrogen-bond donors (Lipinski definition) is 0. The van der Waals surface area contributed by atoms with E-state index < -0.39 is 0 Å². The molecule has 2 heterocycles. The van der Waals surface area contributed by atoms with Crippen LogP contribution >= 0.6 is 0 Å². The normalized spacial score (nSPS) is 15.6. The molecule has 1 aliphatic heterocycles. The van der Waals surface area contributed by atoms with Crippen LogP contribution in [0, 0.1) is 0 Å². The Kier molecular flexibility index (Phi) is 5.38. The molecule has 1 aliphatic rings. The number of amides is 1. The van der Waals surface area contributed by atoms with Crippen LogP contribution in [0.1, 0.15) is 25.3 Å². The van der Waals surface area contributed by atoms with Gasteiger partial charge in [0.2, 0.25) is 5.91 Å². The van der Waals surface area contributed by atoms with Gasteiger partial charge >= 0.3 is 0 Å². The SMILES string of the molecule is COc1cccc(-n2cc(CN(C)[C@@H](C)C(=O)N3CCCC3)cn2)c1. The van der Waals surface area contributed by atoms with Crippen molar-refractivity contribution >= 4 is 5.91 Å². The number of aromatic nitrogens is 2. The summed E-state index contributed by atoms with van der Waals surface area (Å²) in [5.74, 6) is 1.02. The Hall–Kier alpha value is -2.34. The van der Waals surface area contributed by atoms with E-state index >= 15 is 0 Å². The topological polar surface area (TPSA) is 50.6 Å². The molecular weight excluding hydrogens is 316 g/mol. The Balaban J connectivity index is 1.64. The second kappa shape index (κ2) is 7.70. The lowest BCUT2D eigenvalue weighted by molar-refractivity contribution is -0.135. The summed E-state index contributed by atoms with van der Waals surface area (Å²) in [6, 6.07) is 7.66. The van der Waals surface area contributed by atoms with E-state index in [4.69, 9.17) is 4.74 Å². The van der Waals surface area contributed by atoms with Crippen molar-refractivity contribution in [3.8, 4) is 11.4 Å². The van der Waals surface area contributed by atoms with Gasteiger partial charge in [0.15, 0.2) is 0 Å². The Labute approximate surface area is 149 Å². The van der Waals surface area contributed by atoms with Gasteiger partial charge in [-0.15, -0.1) is 0 Å². The maximum Gasteiger partial charge on any atom is 0.239 e. The van der Waals surface area contributed by atoms with Crippen LogP contribution in [0.2, 0.25) is 0 Å². The van der Waals surface area contributed by atoms with Crippen molar-refractivity contribution in [3.63, 3.8) is 0 Å². The molecule has 3 rings (SSSR count). The number of carbonyl (C=O) groups is 1. The van der Waals surface area contributed by atoms with Crippen molar-refractivity contribution in [2.45, 2.75) is 32.4 Å². The molecule has 0 unspecified atom stereocenters. The third kappa shape index (κ3) is 4.02. The van der Waals surface area contributed by atoms with E-state index in [0.29, 0.717) is 6.54 Å². The molecule has 25 heavy (non-hydrogen) atoms. The summed E-state index contributed by atoms with van der Waals surface area (Å²) in [6.07, 6.45) is 6.09. The summed E-state index contributed by atoms with van der Waals surface area (Å²) in [5.41, 5.74) is 2.03. The second-order valence-corrected chi connectivity index (χ2v) is 6.62. The first-order chi connectivity index (χ1) is 12.1. The highest BCUT2D eigenvalue weighted by atomic mass is 16.5. The number of hydrogen-bond acceptors (Lipinski definition) is 4. The molecule has 0 radical (unpaired) electrons. The van der Waals surface area contributed by atoms with Gasteiger partial charge in [0.1, 0.15) is 5.75 Å². The molecule has 2 aromatic rings. The predicted octanol–water partition coefficient (Wildman–Crippen LogP) is 2.32. The number of nitrogens with zero attached hydrogens (tertiary/aromatic N) is 4. The third-order valence-electron chi connectivity index (χ3n) is 4.82. The van der Waals surface area contributed by atoms with E-state index in [0.717, 1.165) is 42.9 Å². The van der Waals surface area contributed by atoms with Crippen molar-refractivity contribution in [3.05, 3.63) is 42.2 Å². The molecule has 134 valence electrons. The van der Waals surface area contributed by atoms with E-state index in [-0.39, 0.29) is 11.9 Å². The number of carbonyl (C=O) groups excluding carboxylic acids is 1. The molecule has 1 saturated heterocycles. The van der Waals surface area contributed by atoms with Crippen LogP contribution in [0.4, 0.5) is 0 Å². The van der Waals surface area contributed by atoms with Gasteiger partial charge in [-0.3, -0.25) is 9.69 Å². The Bertz CT molecular complexity index is 722. The molecule has 1 aromatic carbocycles. The van der Waals surface area contributed by atoms with Crippen LogP contribution in [-0.4, -0.2) is 58.8 Å². The zero-order chi connectivity index (χ0) is 17.8. The summed E-state index contributed by atoms with van der Waals surface area (Å²) in [5, 5.41) is 4.44. The van der Waals surface area contributed by atoms with Crippen molar-refractivity contribution in [1.82, 2.24) is 19.6 Å². The van der Waals surface area contributed by atoms with Crippen molar-refractivity contribution in [2.75, 3.05) is 27.2 Å². The van der Waals surface area contributed by atoms with Crippen LogP contribution in [0.3, 0.4) is 0 Å². The summed E-state index contributed by atoms with van der Waals surface area (Å²) < 4.78 is 7.09. The number of likely N-dealkylation sites (N-methyl/N-ethyl adjacent to an activating group) is 1. The monoisotopic (exact) mass is 342 g/mol. The number of methoxy groups -OCH3 is 1. The maximum absolute atomic E-state index is 12.5. The first kappa shape index (κ1) is 17.5. The van der Waals surface area contributed by atoms with Gasteiger partial charge in [0.05, 0.1) is 25.0 Å². The maximum atomic E-state index is 12.5. The lowest BCUT2D eigenvalue weighted by Gasteiger charge is -2.27. The van der Waals surface area contributed by atoms with Gasteiger partial charge in [-0.05, 0) is 38.9 Å². The Morgan fingerprint density at radius 3 is 2.84 bits per heavy atom. The Morgan fingerprint density at radius 2 is 2.12 bits per heavy atom. The average molecular weight is 342 g/mol. The fourth-order valence-electron chi connectivity index (χ4n) is 3.15. The van der Waals surface area contributed by atoms with E-state index in [1.165, 1.54) is 0 Å². The van der Waals surface area contributed by atoms with Gasteiger partial charge in [-0.25, -0.2) is 4.68 Å². The highest BCUT2D eigenvalue weighted by molar-refractivity contribution is 5.81. The van der Waals surface area contributed by atoms with E-state index in [1.54, 1.807) is 7.11 Å². The molecular formula is C19H26N4O2. The fourth-order valence-corrected chi connectivity index (χ4v) is 3.15. The van der Waals surface area contributed by atoms with Crippen molar-refractivity contribution in [1.29, 1.82) is 0 Å². The average Bonchev–Trinajstić information content (AvgIpc) is 3.32. The predicted molar refractivity (Wildman–Crippen MR) is 96.9 cm³/mol. The summed E-state index contributed by atoms with van der Waals surface area (Å²) >= 11 is 0. The van der Waals surface area contributed by atoms with Crippen LogP contribution < -0.4 is 4.74 Å². The van der Waals surface area contributed by atoms with Gasteiger partial charge in [0, 0.05) is 37.5 Å². The molecule has 1 aromatic heterocycles.